The molecule has 0 aliphatic heterocycles. The normalized spacial score (nSPS) is 10.2. The van der Waals surface area contributed by atoms with Crippen LogP contribution in [0.5, 0.6) is 0 Å². The number of nitrogens with one attached hydrogen (secondary N) is 1. The third-order valence-corrected chi connectivity index (χ3v) is 3.45. The van der Waals surface area contributed by atoms with E-state index in [9.17, 15) is 4.79 Å². The summed E-state index contributed by atoms with van der Waals surface area (Å²) < 4.78 is 0. The van der Waals surface area contributed by atoms with Crippen LogP contribution < -0.4 is 5.43 Å². The largest absolute Gasteiger partial charge is 0.272 e. The molecule has 3 aromatic rings. The van der Waals surface area contributed by atoms with Crippen molar-refractivity contribution in [1.82, 2.24) is 20.4 Å². The molecule has 0 aliphatic rings. The highest BCUT2D eigenvalue weighted by atomic mass is 16.2. The molecule has 0 bridgehead atoms. The van der Waals surface area contributed by atoms with Crippen molar-refractivity contribution >= 4 is 11.6 Å². The lowest BCUT2D eigenvalue weighted by molar-refractivity contribution is 0.0954. The van der Waals surface area contributed by atoms with E-state index in [1.54, 1.807) is 18.3 Å². The standard InChI is InChI=1S/C19H17N5O/c1-13-6-3-9-16(21-13)18(17-10-4-7-14(2)22-17)23-24-19(25)15-8-5-11-20-12-15/h3-12H,1-2H3,(H,24,25). The summed E-state index contributed by atoms with van der Waals surface area (Å²) in [4.78, 5) is 25.2. The number of hydrogen-bond acceptors (Lipinski definition) is 5. The minimum Gasteiger partial charge on any atom is -0.267 e. The number of nitrogens with zero attached hydrogens (tertiary/aromatic N) is 4. The Balaban J connectivity index is 1.98. The van der Waals surface area contributed by atoms with E-state index >= 15 is 0 Å². The topological polar surface area (TPSA) is 80.1 Å². The second kappa shape index (κ2) is 7.44. The summed E-state index contributed by atoms with van der Waals surface area (Å²) in [6.07, 6.45) is 3.10. The van der Waals surface area contributed by atoms with Gasteiger partial charge in [0.25, 0.3) is 5.91 Å². The maximum atomic E-state index is 12.2. The van der Waals surface area contributed by atoms with Crippen molar-refractivity contribution in [3.8, 4) is 0 Å². The van der Waals surface area contributed by atoms with Crippen LogP contribution >= 0.6 is 0 Å². The molecule has 6 heteroatoms. The van der Waals surface area contributed by atoms with Crippen LogP contribution in [0.4, 0.5) is 0 Å². The van der Waals surface area contributed by atoms with Crippen molar-refractivity contribution < 1.29 is 4.79 Å². The molecule has 0 atom stereocenters. The van der Waals surface area contributed by atoms with E-state index in [1.165, 1.54) is 6.20 Å². The quantitative estimate of drug-likeness (QED) is 0.589. The van der Waals surface area contributed by atoms with Crippen molar-refractivity contribution in [3.05, 3.63) is 89.3 Å². The predicted octanol–water partition coefficient (Wildman–Crippen LogP) is 2.67. The summed E-state index contributed by atoms with van der Waals surface area (Å²) in [6, 6.07) is 14.6. The highest BCUT2D eigenvalue weighted by Gasteiger charge is 2.12. The second-order valence-electron chi connectivity index (χ2n) is 5.47. The number of pyridine rings is 3. The Morgan fingerprint density at radius 3 is 2.08 bits per heavy atom. The Kier molecular flexibility index (Phi) is 4.89. The molecule has 3 rings (SSSR count). The molecule has 25 heavy (non-hydrogen) atoms. The fraction of sp³-hybridized carbons (Fsp3) is 0.105. The maximum absolute atomic E-state index is 12.2. The fourth-order valence-corrected chi connectivity index (χ4v) is 2.26. The van der Waals surface area contributed by atoms with Gasteiger partial charge in [-0.3, -0.25) is 19.7 Å². The van der Waals surface area contributed by atoms with Crippen LogP contribution in [0.1, 0.15) is 33.1 Å². The van der Waals surface area contributed by atoms with Gasteiger partial charge in [0.1, 0.15) is 5.71 Å². The minimum atomic E-state index is -0.342. The van der Waals surface area contributed by atoms with E-state index in [0.29, 0.717) is 22.7 Å². The van der Waals surface area contributed by atoms with Crippen LogP contribution in [0.25, 0.3) is 0 Å². The van der Waals surface area contributed by atoms with Crippen LogP contribution in [0.2, 0.25) is 0 Å². The first-order valence-corrected chi connectivity index (χ1v) is 7.79. The Morgan fingerprint density at radius 2 is 1.56 bits per heavy atom. The number of hydrazone groups is 1. The third-order valence-electron chi connectivity index (χ3n) is 3.45. The van der Waals surface area contributed by atoms with E-state index in [1.807, 2.05) is 50.2 Å². The van der Waals surface area contributed by atoms with E-state index in [0.717, 1.165) is 11.4 Å². The molecule has 3 aromatic heterocycles. The summed E-state index contributed by atoms with van der Waals surface area (Å²) in [7, 11) is 0. The van der Waals surface area contributed by atoms with Crippen molar-refractivity contribution in [3.63, 3.8) is 0 Å². The number of carbonyl (C=O) groups is 1. The van der Waals surface area contributed by atoms with Crippen LogP contribution in [0.15, 0.2) is 66.0 Å². The van der Waals surface area contributed by atoms with Gasteiger partial charge in [-0.05, 0) is 50.2 Å². The lowest BCUT2D eigenvalue weighted by atomic mass is 10.1. The number of carbonyl (C=O) groups excluding carboxylic acids is 1. The smallest absolute Gasteiger partial charge is 0.267 e. The molecular formula is C19H17N5O. The Hall–Kier alpha value is -3.41. The molecule has 0 saturated carbocycles. The van der Waals surface area contributed by atoms with E-state index in [2.05, 4.69) is 25.5 Å². The first kappa shape index (κ1) is 16.4. The zero-order chi connectivity index (χ0) is 17.6. The van der Waals surface area contributed by atoms with Gasteiger partial charge in [-0.25, -0.2) is 5.43 Å². The summed E-state index contributed by atoms with van der Waals surface area (Å²) >= 11 is 0. The van der Waals surface area contributed by atoms with E-state index < -0.39 is 0 Å². The number of aromatic nitrogens is 3. The zero-order valence-corrected chi connectivity index (χ0v) is 14.0. The van der Waals surface area contributed by atoms with Gasteiger partial charge in [-0.15, -0.1) is 0 Å². The molecule has 0 aromatic carbocycles. The third kappa shape index (κ3) is 4.11. The molecule has 0 unspecified atom stereocenters. The second-order valence-corrected chi connectivity index (χ2v) is 5.47. The van der Waals surface area contributed by atoms with E-state index in [4.69, 9.17) is 0 Å². The number of hydrogen-bond donors (Lipinski definition) is 1. The lowest BCUT2D eigenvalue weighted by Crippen LogP contribution is -2.21. The van der Waals surface area contributed by atoms with Gasteiger partial charge in [0.05, 0.1) is 17.0 Å². The van der Waals surface area contributed by atoms with Crippen LogP contribution in [-0.2, 0) is 0 Å². The predicted molar refractivity (Wildman–Crippen MR) is 95.3 cm³/mol. The number of rotatable bonds is 4. The molecular weight excluding hydrogens is 314 g/mol. The molecule has 1 N–H and O–H groups in total. The van der Waals surface area contributed by atoms with Crippen molar-refractivity contribution in [2.45, 2.75) is 13.8 Å². The fourth-order valence-electron chi connectivity index (χ4n) is 2.26. The SMILES string of the molecule is Cc1cccc(C(=NNC(=O)c2cccnc2)c2cccc(C)n2)n1. The van der Waals surface area contributed by atoms with Gasteiger partial charge in [-0.2, -0.15) is 5.10 Å². The summed E-state index contributed by atoms with van der Waals surface area (Å²) in [5.41, 5.74) is 6.50. The molecule has 0 radical (unpaired) electrons. The van der Waals surface area contributed by atoms with Gasteiger partial charge in [-0.1, -0.05) is 12.1 Å². The highest BCUT2D eigenvalue weighted by molar-refractivity contribution is 6.11. The minimum absolute atomic E-state index is 0.342. The molecule has 0 fully saturated rings. The van der Waals surface area contributed by atoms with Gasteiger partial charge in [0, 0.05) is 23.8 Å². The number of aryl methyl sites for hydroxylation is 2. The van der Waals surface area contributed by atoms with Crippen molar-refractivity contribution in [2.24, 2.45) is 5.10 Å². The molecule has 0 saturated heterocycles. The summed E-state index contributed by atoms with van der Waals surface area (Å²) in [5.74, 6) is -0.342. The number of amides is 1. The lowest BCUT2D eigenvalue weighted by Gasteiger charge is -2.08. The molecule has 0 aliphatic carbocycles. The maximum Gasteiger partial charge on any atom is 0.272 e. The average molecular weight is 331 g/mol. The monoisotopic (exact) mass is 331 g/mol. The molecule has 1 amide bonds. The molecule has 6 nitrogen and oxygen atoms in total. The Bertz CT molecular complexity index is 874. The van der Waals surface area contributed by atoms with Crippen molar-refractivity contribution in [2.75, 3.05) is 0 Å². The van der Waals surface area contributed by atoms with Crippen LogP contribution in [0.3, 0.4) is 0 Å². The van der Waals surface area contributed by atoms with Gasteiger partial charge in [0.2, 0.25) is 0 Å². The molecule has 3 heterocycles. The Morgan fingerprint density at radius 1 is 0.920 bits per heavy atom. The van der Waals surface area contributed by atoms with Crippen molar-refractivity contribution in [1.29, 1.82) is 0 Å². The first-order valence-electron chi connectivity index (χ1n) is 7.79. The molecule has 124 valence electrons. The summed E-state index contributed by atoms with van der Waals surface area (Å²) in [5, 5.41) is 4.29. The van der Waals surface area contributed by atoms with E-state index in [-0.39, 0.29) is 5.91 Å². The van der Waals surface area contributed by atoms with Crippen LogP contribution in [0, 0.1) is 13.8 Å². The van der Waals surface area contributed by atoms with Gasteiger partial charge < -0.3 is 0 Å². The summed E-state index contributed by atoms with van der Waals surface area (Å²) in [6.45, 7) is 3.80. The van der Waals surface area contributed by atoms with Gasteiger partial charge >= 0.3 is 0 Å². The average Bonchev–Trinajstić information content (AvgIpc) is 2.63. The first-order chi connectivity index (χ1) is 12.1. The zero-order valence-electron chi connectivity index (χ0n) is 14.0. The highest BCUT2D eigenvalue weighted by Crippen LogP contribution is 2.09. The molecule has 0 spiro atoms. The van der Waals surface area contributed by atoms with Crippen LogP contribution in [-0.4, -0.2) is 26.6 Å². The van der Waals surface area contributed by atoms with Gasteiger partial charge in [0.15, 0.2) is 0 Å². The Labute approximate surface area is 145 Å².